The van der Waals surface area contributed by atoms with E-state index in [1.807, 2.05) is 0 Å². The summed E-state index contributed by atoms with van der Waals surface area (Å²) in [5.41, 5.74) is 0. The minimum absolute atomic E-state index is 0. The SMILES string of the molecule is CP(C)C.[C-]#[O+].[C-]#[O+].[CH3-].[CH3-].[Ir+3].c1ccc2[cH-]ccc2c1. The van der Waals surface area contributed by atoms with Gasteiger partial charge in [0.1, 0.15) is 0 Å². The number of hydrogen-bond donors (Lipinski definition) is 0. The van der Waals surface area contributed by atoms with Crippen LogP contribution in [-0.2, 0) is 29.4 Å². The van der Waals surface area contributed by atoms with Crippen LogP contribution in [0.5, 0.6) is 0 Å². The van der Waals surface area contributed by atoms with E-state index in [1.54, 1.807) is 0 Å². The number of benzene rings is 1. The first kappa shape index (κ1) is 31.7. The molecular formula is C16H22IrO2P. The predicted octanol–water partition coefficient (Wildman–Crippen LogP) is 4.74. The van der Waals surface area contributed by atoms with Crippen molar-refractivity contribution in [3.8, 4) is 0 Å². The molecule has 0 aliphatic heterocycles. The molecule has 0 bridgehead atoms. The van der Waals surface area contributed by atoms with Crippen molar-refractivity contribution in [2.24, 2.45) is 0 Å². The van der Waals surface area contributed by atoms with Crippen molar-refractivity contribution in [2.75, 3.05) is 20.0 Å². The molecule has 112 valence electrons. The molecule has 2 aromatic rings. The molecule has 0 atom stereocenters. The predicted molar refractivity (Wildman–Crippen MR) is 84.9 cm³/mol. The van der Waals surface area contributed by atoms with Crippen molar-refractivity contribution < 1.29 is 29.4 Å². The van der Waals surface area contributed by atoms with E-state index in [1.165, 1.54) is 10.8 Å². The molecule has 0 aliphatic carbocycles. The smallest absolute Gasteiger partial charge is 0.358 e. The summed E-state index contributed by atoms with van der Waals surface area (Å²) in [7, 11) is 0.380. The Balaban J connectivity index is -0.0000000604. The fourth-order valence-electron chi connectivity index (χ4n) is 1.07. The van der Waals surface area contributed by atoms with E-state index < -0.39 is 0 Å². The summed E-state index contributed by atoms with van der Waals surface area (Å²) in [6.45, 7) is 15.7. The quantitative estimate of drug-likeness (QED) is 0.304. The molecule has 2 nitrogen and oxygen atoms in total. The molecule has 4 heteroatoms. The molecule has 0 saturated carbocycles. The Labute approximate surface area is 138 Å². The molecule has 0 unspecified atom stereocenters. The Bertz CT molecular complexity index is 394. The van der Waals surface area contributed by atoms with Gasteiger partial charge in [-0.05, 0) is 20.0 Å². The fraction of sp³-hybridized carbons (Fsp3) is 0.188. The molecule has 0 aromatic heterocycles. The third-order valence-electron chi connectivity index (χ3n) is 1.55. The van der Waals surface area contributed by atoms with E-state index in [2.05, 4.69) is 75.8 Å². The Morgan fingerprint density at radius 2 is 1.30 bits per heavy atom. The molecule has 0 fully saturated rings. The van der Waals surface area contributed by atoms with Crippen molar-refractivity contribution in [1.29, 1.82) is 0 Å². The summed E-state index contributed by atoms with van der Waals surface area (Å²) in [6.07, 6.45) is 0. The van der Waals surface area contributed by atoms with Crippen molar-refractivity contribution in [3.05, 3.63) is 70.6 Å². The molecule has 0 spiro atoms. The van der Waals surface area contributed by atoms with Gasteiger partial charge in [-0.1, -0.05) is 6.07 Å². The van der Waals surface area contributed by atoms with Crippen LogP contribution in [0, 0.1) is 28.2 Å². The van der Waals surface area contributed by atoms with E-state index in [-0.39, 0.29) is 35.0 Å². The molecular weight excluding hydrogens is 447 g/mol. The average molecular weight is 470 g/mol. The molecule has 0 heterocycles. The van der Waals surface area contributed by atoms with Gasteiger partial charge in [-0.25, -0.2) is 0 Å². The van der Waals surface area contributed by atoms with Crippen LogP contribution in [0.2, 0.25) is 0 Å². The number of fused-ring (bicyclic) bond motifs is 1. The van der Waals surface area contributed by atoms with Gasteiger partial charge in [0.15, 0.2) is 0 Å². The Hall–Kier alpha value is -0.611. The standard InChI is InChI=1S/C9H7.C3H9P.2CO.2CH3.Ir/c1-2-5-9-7-3-6-8(9)4-1;1-4(2)3;2*1-2;;;/h1-7H;1-3H3;;;2*1H3;/q-1;;;;2*-1;+3. The van der Waals surface area contributed by atoms with Crippen LogP contribution < -0.4 is 0 Å². The van der Waals surface area contributed by atoms with Gasteiger partial charge in [0.05, 0.1) is 0 Å². The van der Waals surface area contributed by atoms with Gasteiger partial charge < -0.3 is 14.9 Å². The maximum absolute atomic E-state index is 7.50. The molecule has 2 rings (SSSR count). The van der Waals surface area contributed by atoms with Crippen LogP contribution in [0.25, 0.3) is 10.8 Å². The zero-order valence-electron chi connectivity index (χ0n) is 12.6. The zero-order chi connectivity index (χ0) is 13.7. The van der Waals surface area contributed by atoms with E-state index in [0.29, 0.717) is 7.92 Å². The summed E-state index contributed by atoms with van der Waals surface area (Å²) >= 11 is 0. The molecule has 0 amide bonds. The minimum Gasteiger partial charge on any atom is -0.358 e. The largest absolute Gasteiger partial charge is 3.00 e. The van der Waals surface area contributed by atoms with Crippen LogP contribution >= 0.6 is 7.92 Å². The maximum atomic E-state index is 7.50. The molecule has 0 N–H and O–H groups in total. The Kier molecular flexibility index (Phi) is 37.2. The van der Waals surface area contributed by atoms with Gasteiger partial charge >= 0.3 is 42.7 Å². The topological polar surface area (TPSA) is 39.8 Å². The summed E-state index contributed by atoms with van der Waals surface area (Å²) in [5, 5.41) is 2.66. The molecule has 20 heavy (non-hydrogen) atoms. The van der Waals surface area contributed by atoms with Crippen LogP contribution in [-0.4, -0.2) is 20.0 Å². The van der Waals surface area contributed by atoms with E-state index in [4.69, 9.17) is 9.30 Å². The monoisotopic (exact) mass is 470 g/mol. The third-order valence-corrected chi connectivity index (χ3v) is 1.55. The Morgan fingerprint density at radius 1 is 0.900 bits per heavy atom. The van der Waals surface area contributed by atoms with Crippen molar-refractivity contribution in [3.63, 3.8) is 0 Å². The van der Waals surface area contributed by atoms with E-state index >= 15 is 0 Å². The van der Waals surface area contributed by atoms with Crippen molar-refractivity contribution in [1.82, 2.24) is 0 Å². The average Bonchev–Trinajstić information content (AvgIpc) is 2.81. The third kappa shape index (κ3) is 17.4. The molecule has 2 aromatic carbocycles. The summed E-state index contributed by atoms with van der Waals surface area (Å²) < 4.78 is 15.0. The van der Waals surface area contributed by atoms with Crippen LogP contribution in [0.4, 0.5) is 0 Å². The summed E-state index contributed by atoms with van der Waals surface area (Å²) in [4.78, 5) is 0. The second-order valence-corrected chi connectivity index (χ2v) is 6.18. The molecule has 0 radical (unpaired) electrons. The molecule has 0 saturated heterocycles. The maximum Gasteiger partial charge on any atom is 3.00 e. The van der Waals surface area contributed by atoms with E-state index in [0.717, 1.165) is 0 Å². The second kappa shape index (κ2) is 23.5. The first-order valence-electron chi connectivity index (χ1n) is 4.82. The number of hydrogen-bond acceptors (Lipinski definition) is 0. The molecule has 0 aliphatic rings. The van der Waals surface area contributed by atoms with Crippen LogP contribution in [0.3, 0.4) is 0 Å². The van der Waals surface area contributed by atoms with Gasteiger partial charge in [0.25, 0.3) is 0 Å². The Morgan fingerprint density at radius 3 is 1.70 bits per heavy atom. The van der Waals surface area contributed by atoms with Gasteiger partial charge in [-0.15, -0.1) is 37.6 Å². The summed E-state index contributed by atoms with van der Waals surface area (Å²) in [5.74, 6) is 0. The van der Waals surface area contributed by atoms with Crippen molar-refractivity contribution in [2.45, 2.75) is 0 Å². The fourth-order valence-corrected chi connectivity index (χ4v) is 1.07. The van der Waals surface area contributed by atoms with E-state index in [9.17, 15) is 0 Å². The minimum atomic E-state index is 0. The van der Waals surface area contributed by atoms with Crippen molar-refractivity contribution >= 4 is 18.7 Å². The second-order valence-electron chi connectivity index (χ2n) is 3.50. The normalized spacial score (nSPS) is 6.60. The van der Waals surface area contributed by atoms with Gasteiger partial charge in [-0.3, -0.25) is 0 Å². The summed E-state index contributed by atoms with van der Waals surface area (Å²) in [6, 6.07) is 14.7. The van der Waals surface area contributed by atoms with Gasteiger partial charge in [0.2, 0.25) is 0 Å². The van der Waals surface area contributed by atoms with Gasteiger partial charge in [0, 0.05) is 0 Å². The van der Waals surface area contributed by atoms with Crippen LogP contribution in [0.15, 0.2) is 42.5 Å². The zero-order valence-corrected chi connectivity index (χ0v) is 15.9. The number of rotatable bonds is 0. The van der Waals surface area contributed by atoms with Crippen LogP contribution in [0.1, 0.15) is 0 Å². The van der Waals surface area contributed by atoms with Gasteiger partial charge in [-0.2, -0.15) is 17.5 Å². The first-order valence-corrected chi connectivity index (χ1v) is 7.50. The first-order chi connectivity index (χ1) is 8.20.